The fraction of sp³-hybridized carbons (Fsp3) is 0.417. The second-order valence-electron chi connectivity index (χ2n) is 4.02. The normalized spacial score (nSPS) is 20.5. The summed E-state index contributed by atoms with van der Waals surface area (Å²) >= 11 is 5.44. The Morgan fingerprint density at radius 3 is 2.46 bits per heavy atom. The van der Waals surface area contributed by atoms with Gasteiger partial charge in [-0.25, -0.2) is 0 Å². The van der Waals surface area contributed by atoms with Gasteiger partial charge in [-0.1, -0.05) is 31.3 Å². The number of benzene rings is 1. The lowest BCUT2D eigenvalue weighted by Gasteiger charge is -2.06. The van der Waals surface area contributed by atoms with E-state index in [1.54, 1.807) is 0 Å². The SMILES string of the molecule is Cc1ccc(C)c2c1CC(C)C2=S. The summed E-state index contributed by atoms with van der Waals surface area (Å²) in [5, 5.41) is 0. The average Bonchev–Trinajstić information content (AvgIpc) is 2.38. The molecule has 1 aliphatic rings. The van der Waals surface area contributed by atoms with Gasteiger partial charge in [0.05, 0.1) is 0 Å². The van der Waals surface area contributed by atoms with E-state index >= 15 is 0 Å². The van der Waals surface area contributed by atoms with Crippen molar-refractivity contribution >= 4 is 17.1 Å². The predicted octanol–water partition coefficient (Wildman–Crippen LogP) is 3.21. The Hall–Kier alpha value is -0.690. The Morgan fingerprint density at radius 1 is 1.23 bits per heavy atom. The monoisotopic (exact) mass is 190 g/mol. The van der Waals surface area contributed by atoms with Gasteiger partial charge in [0.1, 0.15) is 0 Å². The van der Waals surface area contributed by atoms with E-state index in [9.17, 15) is 0 Å². The Kier molecular flexibility index (Phi) is 1.99. The minimum absolute atomic E-state index is 0.560. The molecule has 0 aromatic heterocycles. The molecule has 1 atom stereocenters. The standard InChI is InChI=1S/C12H14S/c1-7-4-5-8(2)11-10(7)6-9(3)12(11)13/h4-5,9H,6H2,1-3H3. The van der Waals surface area contributed by atoms with Crippen LogP contribution in [0.3, 0.4) is 0 Å². The molecule has 0 heterocycles. The number of hydrogen-bond donors (Lipinski definition) is 0. The summed E-state index contributed by atoms with van der Waals surface area (Å²) in [5.41, 5.74) is 5.59. The van der Waals surface area contributed by atoms with Crippen molar-refractivity contribution in [3.63, 3.8) is 0 Å². The Labute approximate surface area is 85.0 Å². The van der Waals surface area contributed by atoms with Crippen LogP contribution in [0.4, 0.5) is 0 Å². The molecule has 1 heteroatoms. The van der Waals surface area contributed by atoms with Crippen LogP contribution in [0.25, 0.3) is 0 Å². The zero-order chi connectivity index (χ0) is 9.59. The molecule has 0 saturated carbocycles. The second-order valence-corrected chi connectivity index (χ2v) is 4.46. The molecule has 0 spiro atoms. The van der Waals surface area contributed by atoms with Gasteiger partial charge in [0.15, 0.2) is 0 Å². The minimum atomic E-state index is 0.560. The van der Waals surface area contributed by atoms with Crippen molar-refractivity contribution in [2.75, 3.05) is 0 Å². The van der Waals surface area contributed by atoms with E-state index in [1.165, 1.54) is 22.3 Å². The molecule has 0 radical (unpaired) electrons. The number of thiocarbonyl (C=S) groups is 1. The van der Waals surface area contributed by atoms with Crippen LogP contribution in [0.15, 0.2) is 12.1 Å². The number of fused-ring (bicyclic) bond motifs is 1. The average molecular weight is 190 g/mol. The Morgan fingerprint density at radius 2 is 1.85 bits per heavy atom. The van der Waals surface area contributed by atoms with Gasteiger partial charge in [-0.05, 0) is 48.4 Å². The molecule has 0 N–H and O–H groups in total. The van der Waals surface area contributed by atoms with Crippen LogP contribution >= 0.6 is 12.2 Å². The summed E-state index contributed by atoms with van der Waals surface area (Å²) in [4.78, 5) is 1.16. The third kappa shape index (κ3) is 1.22. The van der Waals surface area contributed by atoms with Crippen LogP contribution in [0.2, 0.25) is 0 Å². The maximum absolute atomic E-state index is 5.44. The second kappa shape index (κ2) is 2.91. The Balaban J connectivity index is 2.68. The summed E-state index contributed by atoms with van der Waals surface area (Å²) in [7, 11) is 0. The van der Waals surface area contributed by atoms with Crippen molar-refractivity contribution in [2.24, 2.45) is 5.92 Å². The first-order chi connectivity index (χ1) is 6.11. The molecule has 2 rings (SSSR count). The molecule has 0 saturated heterocycles. The van der Waals surface area contributed by atoms with Crippen LogP contribution in [0, 0.1) is 19.8 Å². The Bertz CT molecular complexity index is 377. The van der Waals surface area contributed by atoms with Gasteiger partial charge in [0, 0.05) is 4.86 Å². The molecule has 68 valence electrons. The van der Waals surface area contributed by atoms with E-state index in [4.69, 9.17) is 12.2 Å². The highest BCUT2D eigenvalue weighted by Crippen LogP contribution is 2.31. The fourth-order valence-corrected chi connectivity index (χ4v) is 2.49. The van der Waals surface area contributed by atoms with E-state index < -0.39 is 0 Å². The van der Waals surface area contributed by atoms with Gasteiger partial charge < -0.3 is 0 Å². The largest absolute Gasteiger partial charge is 0.0839 e. The summed E-state index contributed by atoms with van der Waals surface area (Å²) in [6.07, 6.45) is 1.14. The fourth-order valence-electron chi connectivity index (χ4n) is 2.12. The molecule has 1 unspecified atom stereocenters. The molecule has 0 bridgehead atoms. The van der Waals surface area contributed by atoms with Crippen LogP contribution in [-0.2, 0) is 6.42 Å². The summed E-state index contributed by atoms with van der Waals surface area (Å²) in [6, 6.07) is 4.38. The summed E-state index contributed by atoms with van der Waals surface area (Å²) in [6.45, 7) is 6.56. The number of hydrogen-bond acceptors (Lipinski definition) is 1. The third-order valence-corrected chi connectivity index (χ3v) is 3.57. The first-order valence-electron chi connectivity index (χ1n) is 4.74. The van der Waals surface area contributed by atoms with Crippen LogP contribution in [0.1, 0.15) is 29.2 Å². The highest BCUT2D eigenvalue weighted by Gasteiger charge is 2.25. The first-order valence-corrected chi connectivity index (χ1v) is 5.15. The molecule has 0 fully saturated rings. The molecule has 1 aliphatic carbocycles. The van der Waals surface area contributed by atoms with E-state index in [2.05, 4.69) is 32.9 Å². The topological polar surface area (TPSA) is 0 Å². The maximum Gasteiger partial charge on any atom is 0.0261 e. The van der Waals surface area contributed by atoms with Crippen LogP contribution in [-0.4, -0.2) is 4.86 Å². The molecule has 0 amide bonds. The highest BCUT2D eigenvalue weighted by atomic mass is 32.1. The third-order valence-electron chi connectivity index (χ3n) is 2.96. The van der Waals surface area contributed by atoms with E-state index in [-0.39, 0.29) is 0 Å². The molecule has 1 aromatic carbocycles. The molecule has 1 aromatic rings. The lowest BCUT2D eigenvalue weighted by atomic mass is 10.00. The van der Waals surface area contributed by atoms with Crippen LogP contribution in [0.5, 0.6) is 0 Å². The zero-order valence-electron chi connectivity index (χ0n) is 8.35. The van der Waals surface area contributed by atoms with Gasteiger partial charge in [-0.15, -0.1) is 0 Å². The van der Waals surface area contributed by atoms with Crippen LogP contribution < -0.4 is 0 Å². The molecule has 0 nitrogen and oxygen atoms in total. The van der Waals surface area contributed by atoms with Gasteiger partial charge >= 0.3 is 0 Å². The van der Waals surface area contributed by atoms with Gasteiger partial charge in [-0.2, -0.15) is 0 Å². The molecule has 0 aliphatic heterocycles. The summed E-state index contributed by atoms with van der Waals surface area (Å²) < 4.78 is 0. The predicted molar refractivity (Wildman–Crippen MR) is 60.5 cm³/mol. The number of rotatable bonds is 0. The lowest BCUT2D eigenvalue weighted by Crippen LogP contribution is -2.02. The quantitative estimate of drug-likeness (QED) is 0.566. The first kappa shape index (κ1) is 8.89. The van der Waals surface area contributed by atoms with Crippen molar-refractivity contribution in [3.8, 4) is 0 Å². The van der Waals surface area contributed by atoms with Gasteiger partial charge in [0.25, 0.3) is 0 Å². The van der Waals surface area contributed by atoms with Crippen molar-refractivity contribution in [1.29, 1.82) is 0 Å². The lowest BCUT2D eigenvalue weighted by molar-refractivity contribution is 0.805. The highest BCUT2D eigenvalue weighted by molar-refractivity contribution is 7.81. The van der Waals surface area contributed by atoms with E-state index in [0.29, 0.717) is 5.92 Å². The molecular weight excluding hydrogens is 176 g/mol. The zero-order valence-corrected chi connectivity index (χ0v) is 9.16. The van der Waals surface area contributed by atoms with Crippen molar-refractivity contribution in [1.82, 2.24) is 0 Å². The maximum atomic E-state index is 5.44. The van der Waals surface area contributed by atoms with Gasteiger partial charge in [-0.3, -0.25) is 0 Å². The summed E-state index contributed by atoms with van der Waals surface area (Å²) in [5.74, 6) is 0.560. The molecule has 13 heavy (non-hydrogen) atoms. The van der Waals surface area contributed by atoms with Crippen molar-refractivity contribution in [2.45, 2.75) is 27.2 Å². The van der Waals surface area contributed by atoms with Crippen molar-refractivity contribution in [3.05, 3.63) is 34.4 Å². The van der Waals surface area contributed by atoms with E-state index in [1.807, 2.05) is 0 Å². The van der Waals surface area contributed by atoms with E-state index in [0.717, 1.165) is 11.3 Å². The number of aryl methyl sites for hydroxylation is 2. The smallest absolute Gasteiger partial charge is 0.0261 e. The minimum Gasteiger partial charge on any atom is -0.0839 e. The van der Waals surface area contributed by atoms with Crippen molar-refractivity contribution < 1.29 is 0 Å². The molecular formula is C12H14S. The van der Waals surface area contributed by atoms with Gasteiger partial charge in [0.2, 0.25) is 0 Å².